The van der Waals surface area contributed by atoms with Crippen LogP contribution in [0.25, 0.3) is 0 Å². The van der Waals surface area contributed by atoms with Crippen molar-refractivity contribution < 1.29 is 4.79 Å². The lowest BCUT2D eigenvalue weighted by molar-refractivity contribution is -0.121. The lowest BCUT2D eigenvalue weighted by Crippen LogP contribution is -2.31. The van der Waals surface area contributed by atoms with Gasteiger partial charge in [0, 0.05) is 29.1 Å². The zero-order valence-corrected chi connectivity index (χ0v) is 19.2. The fourth-order valence-corrected chi connectivity index (χ4v) is 4.78. The Balaban J connectivity index is 1.40. The highest BCUT2D eigenvalue weighted by Gasteiger charge is 2.25. The topological polar surface area (TPSA) is 72.7 Å². The van der Waals surface area contributed by atoms with Crippen molar-refractivity contribution in [3.63, 3.8) is 0 Å². The van der Waals surface area contributed by atoms with Gasteiger partial charge in [-0.05, 0) is 56.9 Å². The van der Waals surface area contributed by atoms with E-state index in [0.717, 1.165) is 53.5 Å². The lowest BCUT2D eigenvalue weighted by atomic mass is 9.92. The summed E-state index contributed by atoms with van der Waals surface area (Å²) < 4.78 is 2.08. The number of hydrogen-bond donors (Lipinski definition) is 1. The average molecular weight is 436 g/mol. The minimum atomic E-state index is 0.0399. The molecule has 0 radical (unpaired) electrons. The van der Waals surface area contributed by atoms with Gasteiger partial charge in [0.25, 0.3) is 0 Å². The summed E-state index contributed by atoms with van der Waals surface area (Å²) in [6, 6.07) is 10.4. The number of hydrogen-bond acceptors (Lipinski definition) is 5. The SMILES string of the molecule is CSc1nc(C)c(CCC(=O)NC2CCCc3c2cnn3Cc2ccccc2)c(C)n1. The predicted molar refractivity (Wildman–Crippen MR) is 123 cm³/mol. The van der Waals surface area contributed by atoms with Gasteiger partial charge in [-0.2, -0.15) is 5.10 Å². The molecule has 0 aliphatic heterocycles. The number of aromatic nitrogens is 4. The molecule has 1 amide bonds. The summed E-state index contributed by atoms with van der Waals surface area (Å²) in [5, 5.41) is 8.66. The van der Waals surface area contributed by atoms with E-state index in [0.29, 0.717) is 12.8 Å². The van der Waals surface area contributed by atoms with Crippen LogP contribution in [0.15, 0.2) is 41.7 Å². The van der Waals surface area contributed by atoms with E-state index < -0.39 is 0 Å². The number of carbonyl (C=O) groups excluding carboxylic acids is 1. The van der Waals surface area contributed by atoms with Crippen LogP contribution in [-0.4, -0.2) is 31.9 Å². The molecule has 3 aromatic rings. The van der Waals surface area contributed by atoms with Crippen LogP contribution in [-0.2, 0) is 24.2 Å². The summed E-state index contributed by atoms with van der Waals surface area (Å²) in [5.74, 6) is 0.0707. The van der Waals surface area contributed by atoms with Crippen LogP contribution in [0, 0.1) is 13.8 Å². The highest BCUT2D eigenvalue weighted by molar-refractivity contribution is 7.98. The molecule has 1 N–H and O–H groups in total. The van der Waals surface area contributed by atoms with E-state index in [2.05, 4.69) is 49.3 Å². The first kappa shape index (κ1) is 21.6. The third kappa shape index (κ3) is 4.98. The van der Waals surface area contributed by atoms with Crippen molar-refractivity contribution in [3.05, 3.63) is 70.3 Å². The zero-order chi connectivity index (χ0) is 21.8. The van der Waals surface area contributed by atoms with Gasteiger partial charge >= 0.3 is 0 Å². The van der Waals surface area contributed by atoms with Gasteiger partial charge in [-0.1, -0.05) is 42.1 Å². The quantitative estimate of drug-likeness (QED) is 0.445. The van der Waals surface area contributed by atoms with Crippen molar-refractivity contribution in [2.75, 3.05) is 6.26 Å². The number of carbonyl (C=O) groups is 1. The fraction of sp³-hybridized carbons (Fsp3) is 0.417. The van der Waals surface area contributed by atoms with Crippen molar-refractivity contribution in [1.82, 2.24) is 25.1 Å². The number of benzene rings is 1. The van der Waals surface area contributed by atoms with E-state index in [1.807, 2.05) is 32.4 Å². The molecule has 2 aromatic heterocycles. The molecule has 7 heteroatoms. The Labute approximate surface area is 187 Å². The van der Waals surface area contributed by atoms with Crippen LogP contribution >= 0.6 is 11.8 Å². The number of nitrogens with zero attached hydrogens (tertiary/aromatic N) is 4. The van der Waals surface area contributed by atoms with E-state index in [4.69, 9.17) is 0 Å². The predicted octanol–water partition coefficient (Wildman–Crippen LogP) is 4.19. The maximum Gasteiger partial charge on any atom is 0.220 e. The van der Waals surface area contributed by atoms with Gasteiger partial charge in [-0.25, -0.2) is 9.97 Å². The second kappa shape index (κ2) is 9.64. The smallest absolute Gasteiger partial charge is 0.220 e. The Hall–Kier alpha value is -2.67. The number of fused-ring (bicyclic) bond motifs is 1. The molecule has 2 heterocycles. The second-order valence-corrected chi connectivity index (χ2v) is 8.84. The first-order valence-electron chi connectivity index (χ1n) is 10.8. The second-order valence-electron chi connectivity index (χ2n) is 8.06. The van der Waals surface area contributed by atoms with Gasteiger partial charge in [0.05, 0.1) is 18.8 Å². The first-order chi connectivity index (χ1) is 15.0. The molecule has 0 saturated carbocycles. The van der Waals surface area contributed by atoms with Crippen molar-refractivity contribution in [3.8, 4) is 0 Å². The van der Waals surface area contributed by atoms with Crippen LogP contribution in [0.5, 0.6) is 0 Å². The Kier molecular flexibility index (Phi) is 6.70. The molecule has 1 unspecified atom stereocenters. The number of aryl methyl sites for hydroxylation is 2. The third-order valence-corrected chi connectivity index (χ3v) is 6.51. The summed E-state index contributed by atoms with van der Waals surface area (Å²) in [6.07, 6.45) is 8.03. The molecule has 1 aromatic carbocycles. The largest absolute Gasteiger partial charge is 0.349 e. The average Bonchev–Trinajstić information content (AvgIpc) is 3.17. The zero-order valence-electron chi connectivity index (χ0n) is 18.4. The number of rotatable bonds is 7. The van der Waals surface area contributed by atoms with E-state index in [9.17, 15) is 4.79 Å². The maximum atomic E-state index is 12.8. The maximum absolute atomic E-state index is 12.8. The summed E-state index contributed by atoms with van der Waals surface area (Å²) in [6.45, 7) is 4.76. The van der Waals surface area contributed by atoms with Gasteiger partial charge < -0.3 is 5.32 Å². The Bertz CT molecular complexity index is 1040. The Morgan fingerprint density at radius 3 is 2.65 bits per heavy atom. The van der Waals surface area contributed by atoms with Crippen LogP contribution in [0.1, 0.15) is 59.1 Å². The van der Waals surface area contributed by atoms with Gasteiger partial charge in [-0.3, -0.25) is 9.48 Å². The molecule has 0 fully saturated rings. The van der Waals surface area contributed by atoms with Crippen molar-refractivity contribution in [1.29, 1.82) is 0 Å². The monoisotopic (exact) mass is 435 g/mol. The summed E-state index contributed by atoms with van der Waals surface area (Å²) >= 11 is 1.54. The summed E-state index contributed by atoms with van der Waals surface area (Å²) in [4.78, 5) is 21.8. The third-order valence-electron chi connectivity index (χ3n) is 5.96. The van der Waals surface area contributed by atoms with Gasteiger partial charge in [-0.15, -0.1) is 0 Å². The van der Waals surface area contributed by atoms with E-state index >= 15 is 0 Å². The van der Waals surface area contributed by atoms with Gasteiger partial charge in [0.2, 0.25) is 5.91 Å². The molecule has 162 valence electrons. The van der Waals surface area contributed by atoms with E-state index in [1.54, 1.807) is 0 Å². The van der Waals surface area contributed by atoms with Crippen LogP contribution < -0.4 is 5.32 Å². The highest BCUT2D eigenvalue weighted by Crippen LogP contribution is 2.30. The molecule has 1 aliphatic rings. The number of amides is 1. The molecular formula is C24H29N5OS. The first-order valence-corrected chi connectivity index (χ1v) is 12.0. The minimum Gasteiger partial charge on any atom is -0.349 e. The van der Waals surface area contributed by atoms with Crippen molar-refractivity contribution in [2.45, 2.75) is 63.7 Å². The van der Waals surface area contributed by atoms with E-state index in [-0.39, 0.29) is 11.9 Å². The number of thioether (sulfide) groups is 1. The molecule has 31 heavy (non-hydrogen) atoms. The molecule has 0 bridgehead atoms. The highest BCUT2D eigenvalue weighted by atomic mass is 32.2. The molecule has 0 saturated heterocycles. The van der Waals surface area contributed by atoms with Crippen LogP contribution in [0.2, 0.25) is 0 Å². The fourth-order valence-electron chi connectivity index (χ4n) is 4.33. The summed E-state index contributed by atoms with van der Waals surface area (Å²) in [7, 11) is 0. The van der Waals surface area contributed by atoms with Crippen molar-refractivity contribution >= 4 is 17.7 Å². The Morgan fingerprint density at radius 2 is 1.94 bits per heavy atom. The molecular weight excluding hydrogens is 406 g/mol. The number of nitrogens with one attached hydrogen (secondary N) is 1. The summed E-state index contributed by atoms with van der Waals surface area (Å²) in [5.41, 5.74) is 6.65. The van der Waals surface area contributed by atoms with Crippen molar-refractivity contribution in [2.24, 2.45) is 0 Å². The normalized spacial score (nSPS) is 15.5. The standard InChI is InChI=1S/C24H29N5OS/c1-16-19(17(2)27-24(26-16)31-3)12-13-23(30)28-21-10-7-11-22-20(21)14-25-29(22)15-18-8-5-4-6-9-18/h4-6,8-9,14,21H,7,10-13,15H2,1-3H3,(H,28,30). The van der Waals surface area contributed by atoms with Gasteiger partial charge in [0.1, 0.15) is 0 Å². The lowest BCUT2D eigenvalue weighted by Gasteiger charge is -2.24. The van der Waals surface area contributed by atoms with Crippen LogP contribution in [0.4, 0.5) is 0 Å². The molecule has 1 aliphatic carbocycles. The van der Waals surface area contributed by atoms with Gasteiger partial charge in [0.15, 0.2) is 5.16 Å². The van der Waals surface area contributed by atoms with Crippen LogP contribution in [0.3, 0.4) is 0 Å². The minimum absolute atomic E-state index is 0.0399. The van der Waals surface area contributed by atoms with E-state index in [1.165, 1.54) is 23.0 Å². The molecule has 4 rings (SSSR count). The molecule has 6 nitrogen and oxygen atoms in total. The molecule has 1 atom stereocenters. The molecule has 0 spiro atoms. The Morgan fingerprint density at radius 1 is 1.19 bits per heavy atom.